The third kappa shape index (κ3) is 4.23. The van der Waals surface area contributed by atoms with Crippen LogP contribution in [0.5, 0.6) is 0 Å². The lowest BCUT2D eigenvalue weighted by Gasteiger charge is -2.01. The van der Waals surface area contributed by atoms with Crippen molar-refractivity contribution in [1.29, 1.82) is 0 Å². The summed E-state index contributed by atoms with van der Waals surface area (Å²) in [6.07, 6.45) is 2.70. The van der Waals surface area contributed by atoms with E-state index in [9.17, 15) is 13.6 Å². The Morgan fingerprint density at radius 3 is 2.38 bits per heavy atom. The summed E-state index contributed by atoms with van der Waals surface area (Å²) in [5.74, 6) is -1.15. The monoisotopic (exact) mass is 288 g/mol. The average Bonchev–Trinajstić information content (AvgIpc) is 2.15. The summed E-state index contributed by atoms with van der Waals surface area (Å²) in [7, 11) is 0. The maximum atomic E-state index is 12.9. The molecule has 0 amide bonds. The number of benzene rings is 1. The number of rotatable bonds is 4. The van der Waals surface area contributed by atoms with E-state index >= 15 is 0 Å². The summed E-state index contributed by atoms with van der Waals surface area (Å²) >= 11 is 3.22. The van der Waals surface area contributed by atoms with Gasteiger partial charge in [0.15, 0.2) is 0 Å². The van der Waals surface area contributed by atoms with Crippen molar-refractivity contribution >= 4 is 26.2 Å². The van der Waals surface area contributed by atoms with Gasteiger partial charge in [-0.1, -0.05) is 22.0 Å². The molecule has 0 saturated carbocycles. The third-order valence-corrected chi connectivity index (χ3v) is 2.74. The van der Waals surface area contributed by atoms with E-state index < -0.39 is 11.6 Å². The second kappa shape index (κ2) is 5.89. The second-order valence-corrected chi connectivity index (χ2v) is 4.31. The van der Waals surface area contributed by atoms with Gasteiger partial charge in [-0.25, -0.2) is 8.78 Å². The standard InChI is InChI=1S/C12H11BrF2O/c1-8(16)3-2-4-12(13)9-5-10(14)7-11(15)6-9/h4-7H,2-3H2,1H3/b12-4-. The molecule has 0 aliphatic heterocycles. The van der Waals surface area contributed by atoms with Crippen LogP contribution in [0.2, 0.25) is 0 Å². The van der Waals surface area contributed by atoms with E-state index in [1.165, 1.54) is 19.1 Å². The molecule has 1 rings (SSSR count). The van der Waals surface area contributed by atoms with Crippen LogP contribution in [0.15, 0.2) is 24.3 Å². The van der Waals surface area contributed by atoms with Gasteiger partial charge in [-0.05, 0) is 31.0 Å². The Hall–Kier alpha value is -1.03. The molecule has 0 aromatic heterocycles. The zero-order chi connectivity index (χ0) is 12.1. The van der Waals surface area contributed by atoms with Gasteiger partial charge in [0.25, 0.3) is 0 Å². The molecule has 0 spiro atoms. The van der Waals surface area contributed by atoms with Gasteiger partial charge in [-0.3, -0.25) is 0 Å². The van der Waals surface area contributed by atoms with Crippen LogP contribution in [0.4, 0.5) is 8.78 Å². The first-order valence-corrected chi connectivity index (χ1v) is 5.60. The number of carbonyl (C=O) groups excluding carboxylic acids is 1. The van der Waals surface area contributed by atoms with Gasteiger partial charge >= 0.3 is 0 Å². The second-order valence-electron chi connectivity index (χ2n) is 3.45. The van der Waals surface area contributed by atoms with Gasteiger partial charge in [0.1, 0.15) is 17.4 Å². The maximum absolute atomic E-state index is 12.9. The molecule has 0 radical (unpaired) electrons. The molecule has 0 bridgehead atoms. The first-order chi connectivity index (χ1) is 7.49. The summed E-state index contributed by atoms with van der Waals surface area (Å²) in [6, 6.07) is 3.29. The minimum Gasteiger partial charge on any atom is -0.300 e. The van der Waals surface area contributed by atoms with E-state index in [1.807, 2.05) is 0 Å². The van der Waals surface area contributed by atoms with Gasteiger partial charge in [-0.15, -0.1) is 0 Å². The van der Waals surface area contributed by atoms with Crippen LogP contribution in [-0.2, 0) is 4.79 Å². The Balaban J connectivity index is 2.79. The van der Waals surface area contributed by atoms with Gasteiger partial charge in [0.2, 0.25) is 0 Å². The number of allylic oxidation sites excluding steroid dienone is 1. The minimum absolute atomic E-state index is 0.0852. The highest BCUT2D eigenvalue weighted by molar-refractivity contribution is 9.15. The molecular formula is C12H11BrF2O. The van der Waals surface area contributed by atoms with Crippen molar-refractivity contribution in [2.24, 2.45) is 0 Å². The third-order valence-electron chi connectivity index (χ3n) is 1.96. The molecule has 0 heterocycles. The van der Waals surface area contributed by atoms with Gasteiger partial charge in [-0.2, -0.15) is 0 Å². The van der Waals surface area contributed by atoms with Crippen molar-refractivity contribution in [3.8, 4) is 0 Å². The summed E-state index contributed by atoms with van der Waals surface area (Å²) < 4.78 is 26.4. The van der Waals surface area contributed by atoms with Crippen molar-refractivity contribution in [3.63, 3.8) is 0 Å². The summed E-state index contributed by atoms with van der Waals surface area (Å²) in [5.41, 5.74) is 0.432. The van der Waals surface area contributed by atoms with E-state index in [4.69, 9.17) is 0 Å². The minimum atomic E-state index is -0.619. The lowest BCUT2D eigenvalue weighted by atomic mass is 10.1. The largest absolute Gasteiger partial charge is 0.300 e. The summed E-state index contributed by atoms with van der Waals surface area (Å²) in [4.78, 5) is 10.7. The van der Waals surface area contributed by atoms with Crippen LogP contribution in [0.1, 0.15) is 25.3 Å². The molecule has 0 fully saturated rings. The fraction of sp³-hybridized carbons (Fsp3) is 0.250. The first kappa shape index (κ1) is 13.0. The van der Waals surface area contributed by atoms with Crippen LogP contribution in [0.25, 0.3) is 4.48 Å². The SMILES string of the molecule is CC(=O)CC/C=C(\Br)c1cc(F)cc(F)c1. The molecule has 4 heteroatoms. The number of halogens is 3. The Morgan fingerprint density at radius 2 is 1.88 bits per heavy atom. The van der Waals surface area contributed by atoms with Crippen LogP contribution >= 0.6 is 15.9 Å². The number of hydrogen-bond acceptors (Lipinski definition) is 1. The van der Waals surface area contributed by atoms with E-state index in [0.29, 0.717) is 22.9 Å². The molecule has 1 nitrogen and oxygen atoms in total. The Bertz CT molecular complexity index is 407. The lowest BCUT2D eigenvalue weighted by molar-refractivity contribution is -0.116. The maximum Gasteiger partial charge on any atom is 0.130 e. The molecule has 0 atom stereocenters. The van der Waals surface area contributed by atoms with Gasteiger partial charge in [0.05, 0.1) is 0 Å². The van der Waals surface area contributed by atoms with Crippen LogP contribution < -0.4 is 0 Å². The van der Waals surface area contributed by atoms with Crippen molar-refractivity contribution in [1.82, 2.24) is 0 Å². The number of carbonyl (C=O) groups is 1. The van der Waals surface area contributed by atoms with Crippen LogP contribution in [0, 0.1) is 11.6 Å². The topological polar surface area (TPSA) is 17.1 Å². The highest BCUT2D eigenvalue weighted by Crippen LogP contribution is 2.23. The van der Waals surface area contributed by atoms with E-state index in [1.54, 1.807) is 6.08 Å². The lowest BCUT2D eigenvalue weighted by Crippen LogP contribution is -1.88. The predicted octanol–water partition coefficient (Wildman–Crippen LogP) is 4.07. The quantitative estimate of drug-likeness (QED) is 0.816. The molecule has 0 N–H and O–H groups in total. The number of Topliss-reactive ketones (excluding diaryl/α,β-unsaturated/α-hetero) is 1. The number of hydrogen-bond donors (Lipinski definition) is 0. The van der Waals surface area contributed by atoms with Crippen LogP contribution in [-0.4, -0.2) is 5.78 Å². The van der Waals surface area contributed by atoms with Crippen molar-refractivity contribution in [2.75, 3.05) is 0 Å². The van der Waals surface area contributed by atoms with E-state index in [-0.39, 0.29) is 5.78 Å². The fourth-order valence-electron chi connectivity index (χ4n) is 1.21. The Kier molecular flexibility index (Phi) is 4.80. The predicted molar refractivity (Wildman–Crippen MR) is 63.2 cm³/mol. The summed E-state index contributed by atoms with van der Waals surface area (Å²) in [6.45, 7) is 1.50. The van der Waals surface area contributed by atoms with Crippen molar-refractivity contribution < 1.29 is 13.6 Å². The molecule has 0 saturated heterocycles. The fourth-order valence-corrected chi connectivity index (χ4v) is 1.67. The number of ketones is 1. The van der Waals surface area contributed by atoms with Crippen molar-refractivity contribution in [2.45, 2.75) is 19.8 Å². The van der Waals surface area contributed by atoms with E-state index in [0.717, 1.165) is 6.07 Å². The normalized spacial score (nSPS) is 11.6. The van der Waals surface area contributed by atoms with Gasteiger partial charge < -0.3 is 4.79 Å². The molecule has 1 aromatic carbocycles. The zero-order valence-electron chi connectivity index (χ0n) is 8.77. The van der Waals surface area contributed by atoms with Crippen molar-refractivity contribution in [3.05, 3.63) is 41.5 Å². The Labute approximate surface area is 101 Å². The first-order valence-electron chi connectivity index (χ1n) is 4.80. The van der Waals surface area contributed by atoms with E-state index in [2.05, 4.69) is 15.9 Å². The average molecular weight is 289 g/mol. The molecule has 1 aromatic rings. The molecule has 0 unspecified atom stereocenters. The highest BCUT2D eigenvalue weighted by Gasteiger charge is 2.03. The zero-order valence-corrected chi connectivity index (χ0v) is 10.4. The highest BCUT2D eigenvalue weighted by atomic mass is 79.9. The van der Waals surface area contributed by atoms with Crippen LogP contribution in [0.3, 0.4) is 0 Å². The molecule has 0 aliphatic rings. The molecular weight excluding hydrogens is 278 g/mol. The molecule has 16 heavy (non-hydrogen) atoms. The summed E-state index contributed by atoms with van der Waals surface area (Å²) in [5, 5.41) is 0. The smallest absolute Gasteiger partial charge is 0.130 e. The van der Waals surface area contributed by atoms with Gasteiger partial charge in [0, 0.05) is 17.0 Å². The Morgan fingerprint density at radius 1 is 1.31 bits per heavy atom. The molecule has 86 valence electrons. The molecule has 0 aliphatic carbocycles.